The molecule has 0 aliphatic rings. The van der Waals surface area contributed by atoms with Crippen LogP contribution < -0.4 is 0 Å². The van der Waals surface area contributed by atoms with Crippen molar-refractivity contribution in [1.29, 1.82) is 5.41 Å². The second kappa shape index (κ2) is 4.76. The van der Waals surface area contributed by atoms with Crippen LogP contribution in [0.1, 0.15) is 15.9 Å². The molecule has 74 valence electrons. The number of nitrogens with zero attached hydrogens (tertiary/aromatic N) is 1. The average Bonchev–Trinajstić information content (AvgIpc) is 2.18. The van der Waals surface area contributed by atoms with E-state index >= 15 is 0 Å². The first kappa shape index (κ1) is 10.7. The van der Waals surface area contributed by atoms with E-state index in [1.165, 1.54) is 18.0 Å². The minimum absolute atomic E-state index is 0.163. The van der Waals surface area contributed by atoms with E-state index in [4.69, 9.17) is 10.5 Å². The van der Waals surface area contributed by atoms with Crippen LogP contribution >= 0.6 is 11.8 Å². The van der Waals surface area contributed by atoms with Crippen LogP contribution in [0.5, 0.6) is 0 Å². The van der Waals surface area contributed by atoms with E-state index in [-0.39, 0.29) is 5.56 Å². The smallest absolute Gasteiger partial charge is 0.337 e. The molecule has 1 aromatic rings. The summed E-state index contributed by atoms with van der Waals surface area (Å²) in [5, 5.41) is 16.6. The SMILES string of the molecule is CSC(=N)Cc1cncc(C(=O)O)c1. The molecule has 0 unspecified atom stereocenters. The molecule has 4 nitrogen and oxygen atoms in total. The molecule has 0 bridgehead atoms. The first-order chi connectivity index (χ1) is 6.63. The van der Waals surface area contributed by atoms with Crippen LogP contribution in [-0.4, -0.2) is 27.4 Å². The molecule has 5 heteroatoms. The maximum Gasteiger partial charge on any atom is 0.337 e. The molecule has 0 aromatic carbocycles. The Kier molecular flexibility index (Phi) is 3.64. The molecular weight excluding hydrogens is 200 g/mol. The zero-order chi connectivity index (χ0) is 10.6. The first-order valence-electron chi connectivity index (χ1n) is 3.92. The maximum atomic E-state index is 10.6. The number of hydrogen-bond donors (Lipinski definition) is 2. The van der Waals surface area contributed by atoms with Crippen molar-refractivity contribution < 1.29 is 9.90 Å². The van der Waals surface area contributed by atoms with E-state index in [1.807, 2.05) is 6.26 Å². The number of pyridine rings is 1. The fourth-order valence-corrected chi connectivity index (χ4v) is 1.27. The molecule has 1 rings (SSSR count). The summed E-state index contributed by atoms with van der Waals surface area (Å²) in [6.45, 7) is 0. The quantitative estimate of drug-likeness (QED) is 0.587. The van der Waals surface area contributed by atoms with E-state index in [9.17, 15) is 4.79 Å². The number of carboxylic acids is 1. The van der Waals surface area contributed by atoms with Gasteiger partial charge >= 0.3 is 5.97 Å². The highest BCUT2D eigenvalue weighted by Gasteiger charge is 2.05. The topological polar surface area (TPSA) is 74.0 Å². The number of hydrogen-bond acceptors (Lipinski definition) is 4. The maximum absolute atomic E-state index is 10.6. The summed E-state index contributed by atoms with van der Waals surface area (Å²) >= 11 is 1.34. The molecule has 0 saturated carbocycles. The van der Waals surface area contributed by atoms with Gasteiger partial charge in [0.25, 0.3) is 0 Å². The zero-order valence-electron chi connectivity index (χ0n) is 7.65. The molecule has 0 radical (unpaired) electrons. The van der Waals surface area contributed by atoms with Crippen molar-refractivity contribution in [2.75, 3.05) is 6.26 Å². The number of aromatic carboxylic acids is 1. The van der Waals surface area contributed by atoms with Crippen molar-refractivity contribution >= 4 is 22.8 Å². The van der Waals surface area contributed by atoms with Gasteiger partial charge in [0, 0.05) is 18.8 Å². The molecule has 0 spiro atoms. The molecule has 0 aliphatic heterocycles. The average molecular weight is 210 g/mol. The number of carbonyl (C=O) groups is 1. The van der Waals surface area contributed by atoms with Crippen molar-refractivity contribution in [3.05, 3.63) is 29.6 Å². The fourth-order valence-electron chi connectivity index (χ4n) is 0.959. The zero-order valence-corrected chi connectivity index (χ0v) is 8.47. The summed E-state index contributed by atoms with van der Waals surface area (Å²) in [4.78, 5) is 14.4. The van der Waals surface area contributed by atoms with Gasteiger partial charge in [-0.3, -0.25) is 10.4 Å². The third-order valence-electron chi connectivity index (χ3n) is 1.65. The Morgan fingerprint density at radius 1 is 1.64 bits per heavy atom. The Bertz CT molecular complexity index is 366. The molecular formula is C9H10N2O2S. The van der Waals surface area contributed by atoms with Crippen molar-refractivity contribution in [3.63, 3.8) is 0 Å². The van der Waals surface area contributed by atoms with Gasteiger partial charge in [-0.1, -0.05) is 0 Å². The van der Waals surface area contributed by atoms with Gasteiger partial charge in [-0.15, -0.1) is 11.8 Å². The van der Waals surface area contributed by atoms with Crippen LogP contribution in [0.15, 0.2) is 18.5 Å². The van der Waals surface area contributed by atoms with Crippen LogP contribution in [0.4, 0.5) is 0 Å². The summed E-state index contributed by atoms with van der Waals surface area (Å²) in [5.41, 5.74) is 0.917. The predicted molar refractivity (Wildman–Crippen MR) is 56.1 cm³/mol. The lowest BCUT2D eigenvalue weighted by atomic mass is 10.1. The van der Waals surface area contributed by atoms with E-state index in [0.29, 0.717) is 11.5 Å². The van der Waals surface area contributed by atoms with Crippen LogP contribution in [0.2, 0.25) is 0 Å². The molecule has 1 aromatic heterocycles. The molecule has 0 saturated heterocycles. The van der Waals surface area contributed by atoms with Crippen molar-refractivity contribution in [3.8, 4) is 0 Å². The highest BCUT2D eigenvalue weighted by atomic mass is 32.2. The Hall–Kier alpha value is -1.36. The van der Waals surface area contributed by atoms with Gasteiger partial charge < -0.3 is 5.11 Å². The number of rotatable bonds is 3. The van der Waals surface area contributed by atoms with Gasteiger partial charge in [0.15, 0.2) is 0 Å². The fraction of sp³-hybridized carbons (Fsp3) is 0.222. The van der Waals surface area contributed by atoms with Gasteiger partial charge in [-0.25, -0.2) is 4.79 Å². The van der Waals surface area contributed by atoms with Crippen LogP contribution in [0, 0.1) is 5.41 Å². The number of nitrogens with one attached hydrogen (secondary N) is 1. The first-order valence-corrected chi connectivity index (χ1v) is 5.14. The molecule has 14 heavy (non-hydrogen) atoms. The largest absolute Gasteiger partial charge is 0.478 e. The van der Waals surface area contributed by atoms with Gasteiger partial charge in [0.05, 0.1) is 10.6 Å². The van der Waals surface area contributed by atoms with E-state index < -0.39 is 5.97 Å². The molecule has 0 fully saturated rings. The summed E-state index contributed by atoms with van der Waals surface area (Å²) < 4.78 is 0. The number of aromatic nitrogens is 1. The Balaban J connectivity index is 2.83. The molecule has 0 aliphatic carbocycles. The normalized spacial score (nSPS) is 9.79. The van der Waals surface area contributed by atoms with Gasteiger partial charge in [-0.05, 0) is 17.9 Å². The molecule has 0 amide bonds. The minimum atomic E-state index is -0.991. The lowest BCUT2D eigenvalue weighted by Crippen LogP contribution is -2.01. The van der Waals surface area contributed by atoms with Crippen molar-refractivity contribution in [1.82, 2.24) is 4.98 Å². The van der Waals surface area contributed by atoms with Gasteiger partial charge in [-0.2, -0.15) is 0 Å². The summed E-state index contributed by atoms with van der Waals surface area (Å²) in [6.07, 6.45) is 5.14. The lowest BCUT2D eigenvalue weighted by Gasteiger charge is -2.01. The standard InChI is InChI=1S/C9H10N2O2S/c1-14-8(10)3-6-2-7(9(12)13)5-11-4-6/h2,4-5,10H,3H2,1H3,(H,12,13). The number of thioether (sulfide) groups is 1. The van der Waals surface area contributed by atoms with Crippen LogP contribution in [0.3, 0.4) is 0 Å². The second-order valence-corrected chi connectivity index (χ2v) is 3.59. The summed E-state index contributed by atoms with van der Waals surface area (Å²) in [7, 11) is 0. The van der Waals surface area contributed by atoms with E-state index in [2.05, 4.69) is 4.98 Å². The Labute approximate surface area is 85.9 Å². The number of carboxylic acid groups (broad SMARTS) is 1. The highest BCUT2D eigenvalue weighted by molar-refractivity contribution is 8.13. The van der Waals surface area contributed by atoms with Crippen LogP contribution in [-0.2, 0) is 6.42 Å². The van der Waals surface area contributed by atoms with Gasteiger partial charge in [0.1, 0.15) is 0 Å². The molecule has 2 N–H and O–H groups in total. The van der Waals surface area contributed by atoms with Gasteiger partial charge in [0.2, 0.25) is 0 Å². The third kappa shape index (κ3) is 2.85. The van der Waals surface area contributed by atoms with Crippen molar-refractivity contribution in [2.45, 2.75) is 6.42 Å². The second-order valence-electron chi connectivity index (χ2n) is 2.69. The Morgan fingerprint density at radius 3 is 2.93 bits per heavy atom. The molecule has 0 atom stereocenters. The Morgan fingerprint density at radius 2 is 2.36 bits per heavy atom. The molecule has 1 heterocycles. The minimum Gasteiger partial charge on any atom is -0.478 e. The summed E-state index contributed by atoms with van der Waals surface area (Å²) in [6, 6.07) is 1.54. The monoisotopic (exact) mass is 210 g/mol. The third-order valence-corrected chi connectivity index (χ3v) is 2.29. The highest BCUT2D eigenvalue weighted by Crippen LogP contribution is 2.08. The van der Waals surface area contributed by atoms with Crippen LogP contribution in [0.25, 0.3) is 0 Å². The lowest BCUT2D eigenvalue weighted by molar-refractivity contribution is 0.0696. The van der Waals surface area contributed by atoms with E-state index in [0.717, 1.165) is 5.56 Å². The predicted octanol–water partition coefficient (Wildman–Crippen LogP) is 1.66. The summed E-state index contributed by atoms with van der Waals surface area (Å²) in [5.74, 6) is -0.991. The van der Waals surface area contributed by atoms with Crippen molar-refractivity contribution in [2.24, 2.45) is 0 Å². The van der Waals surface area contributed by atoms with E-state index in [1.54, 1.807) is 12.3 Å².